The number of likely N-dealkylation sites (tertiary alicyclic amines) is 1. The molecule has 1 unspecified atom stereocenters. The molecule has 0 saturated carbocycles. The molecule has 2 amide bonds. The van der Waals surface area contributed by atoms with E-state index in [1.54, 1.807) is 23.1 Å². The molecule has 12 nitrogen and oxygen atoms in total. The predicted octanol–water partition coefficient (Wildman–Crippen LogP) is 3.96. The number of nitrogens with one attached hydrogen (secondary N) is 2. The van der Waals surface area contributed by atoms with Crippen LogP contribution in [0.1, 0.15) is 35.1 Å². The first kappa shape index (κ1) is 26.5. The fraction of sp³-hybridized carbons (Fsp3) is 0.240. The molecule has 0 aromatic carbocycles. The Morgan fingerprint density at radius 2 is 2.10 bits per heavy atom. The van der Waals surface area contributed by atoms with Gasteiger partial charge >= 0.3 is 6.36 Å². The van der Waals surface area contributed by atoms with Crippen LogP contribution in [-0.2, 0) is 4.79 Å². The zero-order valence-corrected chi connectivity index (χ0v) is 20.7. The number of aromatic amines is 1. The summed E-state index contributed by atoms with van der Waals surface area (Å²) in [6, 6.07) is 7.23. The van der Waals surface area contributed by atoms with E-state index < -0.39 is 23.8 Å². The van der Waals surface area contributed by atoms with Gasteiger partial charge in [0.05, 0.1) is 17.3 Å². The van der Waals surface area contributed by atoms with E-state index in [4.69, 9.17) is 4.52 Å². The number of piperidine rings is 1. The van der Waals surface area contributed by atoms with Gasteiger partial charge in [-0.25, -0.2) is 9.97 Å². The number of amides is 2. The van der Waals surface area contributed by atoms with Crippen molar-refractivity contribution >= 4 is 17.6 Å². The second-order valence-electron chi connectivity index (χ2n) is 8.73. The number of hydrogen-bond donors (Lipinski definition) is 2. The fourth-order valence-electron chi connectivity index (χ4n) is 4.17. The van der Waals surface area contributed by atoms with Crippen LogP contribution in [0.3, 0.4) is 0 Å². The molecule has 4 aromatic heterocycles. The van der Waals surface area contributed by atoms with Gasteiger partial charge in [-0.2, -0.15) is 10.1 Å². The second-order valence-corrected chi connectivity index (χ2v) is 8.73. The number of halogens is 3. The molecule has 206 valence electrons. The number of alkyl halides is 3. The van der Waals surface area contributed by atoms with Crippen LogP contribution in [0, 0.1) is 0 Å². The fourth-order valence-corrected chi connectivity index (χ4v) is 4.17. The molecule has 0 spiro atoms. The van der Waals surface area contributed by atoms with Gasteiger partial charge in [0.2, 0.25) is 17.6 Å². The maximum Gasteiger partial charge on any atom is 0.573 e. The van der Waals surface area contributed by atoms with E-state index in [0.717, 1.165) is 6.07 Å². The smallest absolute Gasteiger partial charge is 0.402 e. The van der Waals surface area contributed by atoms with Crippen molar-refractivity contribution < 1.29 is 32.0 Å². The molecule has 5 rings (SSSR count). The molecule has 1 fully saturated rings. The maximum absolute atomic E-state index is 13.2. The van der Waals surface area contributed by atoms with Crippen molar-refractivity contribution in [3.05, 3.63) is 67.0 Å². The van der Waals surface area contributed by atoms with Crippen LogP contribution in [-0.4, -0.2) is 66.5 Å². The third-order valence-electron chi connectivity index (χ3n) is 6.03. The van der Waals surface area contributed by atoms with Gasteiger partial charge in [0.1, 0.15) is 5.69 Å². The number of ether oxygens (including phenoxy) is 1. The Labute approximate surface area is 224 Å². The van der Waals surface area contributed by atoms with Crippen molar-refractivity contribution in [2.45, 2.75) is 25.1 Å². The van der Waals surface area contributed by atoms with Gasteiger partial charge in [0.25, 0.3) is 5.91 Å². The van der Waals surface area contributed by atoms with E-state index in [0.29, 0.717) is 37.3 Å². The third-order valence-corrected chi connectivity index (χ3v) is 6.03. The Hall–Kier alpha value is -5.08. The summed E-state index contributed by atoms with van der Waals surface area (Å²) >= 11 is 0. The summed E-state index contributed by atoms with van der Waals surface area (Å²) in [4.78, 5) is 38.9. The minimum atomic E-state index is -5.08. The topological polar surface area (TPSA) is 152 Å². The largest absolute Gasteiger partial charge is 0.573 e. The van der Waals surface area contributed by atoms with E-state index in [9.17, 15) is 22.8 Å². The molecule has 1 saturated heterocycles. The molecular weight excluding hydrogens is 533 g/mol. The highest BCUT2D eigenvalue weighted by Gasteiger charge is 2.34. The summed E-state index contributed by atoms with van der Waals surface area (Å²) in [5, 5.41) is 12.7. The van der Waals surface area contributed by atoms with Crippen molar-refractivity contribution in [1.82, 2.24) is 35.2 Å². The quantitative estimate of drug-likeness (QED) is 0.323. The van der Waals surface area contributed by atoms with Crippen LogP contribution in [0.25, 0.3) is 22.8 Å². The molecule has 0 radical (unpaired) electrons. The van der Waals surface area contributed by atoms with Crippen molar-refractivity contribution in [2.75, 3.05) is 18.4 Å². The van der Waals surface area contributed by atoms with Gasteiger partial charge in [0, 0.05) is 31.0 Å². The molecule has 5 heterocycles. The molecule has 15 heteroatoms. The molecule has 0 bridgehead atoms. The summed E-state index contributed by atoms with van der Waals surface area (Å²) in [6.07, 6.45) is 0.226. The predicted molar refractivity (Wildman–Crippen MR) is 133 cm³/mol. The maximum atomic E-state index is 13.2. The van der Waals surface area contributed by atoms with Gasteiger partial charge in [0.15, 0.2) is 11.6 Å². The number of anilines is 1. The Bertz CT molecular complexity index is 1540. The molecule has 40 heavy (non-hydrogen) atoms. The number of carbonyl (C=O) groups excluding carboxylic acids is 2. The summed E-state index contributed by atoms with van der Waals surface area (Å²) in [6.45, 7) is 4.40. The van der Waals surface area contributed by atoms with E-state index >= 15 is 0 Å². The van der Waals surface area contributed by atoms with Gasteiger partial charge < -0.3 is 19.5 Å². The van der Waals surface area contributed by atoms with Crippen LogP contribution in [0.5, 0.6) is 5.75 Å². The highest BCUT2D eigenvalue weighted by molar-refractivity contribution is 6.03. The number of hydrogen-bond acceptors (Lipinski definition) is 9. The van der Waals surface area contributed by atoms with Gasteiger partial charge in [-0.15, -0.1) is 13.2 Å². The first-order valence-electron chi connectivity index (χ1n) is 12.0. The first-order valence-corrected chi connectivity index (χ1v) is 12.0. The number of carbonyl (C=O) groups is 2. The molecule has 1 aliphatic rings. The lowest BCUT2D eigenvalue weighted by Gasteiger charge is -2.30. The molecule has 4 aromatic rings. The summed E-state index contributed by atoms with van der Waals surface area (Å²) in [7, 11) is 0. The average Bonchev–Trinajstić information content (AvgIpc) is 3.66. The molecule has 1 aliphatic heterocycles. The number of rotatable bonds is 7. The number of aromatic nitrogens is 6. The minimum Gasteiger partial charge on any atom is -0.402 e. The standard InChI is InChI=1S/C25H21F3N8O4/c1-2-20(37)36-10-4-5-14(13-36)24-33-21(35-40-24)15-11-19(39-25(26,27)28)22(29-12-15)32-23(38)18-7-3-6-16(31-18)17-8-9-30-34-17/h2-3,6-9,11-12,14H,1,4-5,10,13H2,(H,30,34)(H,29,32,38). The van der Waals surface area contributed by atoms with E-state index in [1.807, 2.05) is 0 Å². The highest BCUT2D eigenvalue weighted by atomic mass is 19.4. The SMILES string of the molecule is C=CC(=O)N1CCCC(c2nc(-c3cnc(NC(=O)c4cccc(-c5ccn[nH]5)n4)c(OC(F)(F)F)c3)no2)C1. The van der Waals surface area contributed by atoms with Crippen LogP contribution in [0.4, 0.5) is 19.0 Å². The zero-order chi connectivity index (χ0) is 28.3. The van der Waals surface area contributed by atoms with Crippen molar-refractivity contribution in [3.63, 3.8) is 0 Å². The first-order chi connectivity index (χ1) is 19.2. The van der Waals surface area contributed by atoms with Crippen LogP contribution in [0.2, 0.25) is 0 Å². The van der Waals surface area contributed by atoms with E-state index in [2.05, 4.69) is 46.9 Å². The lowest BCUT2D eigenvalue weighted by atomic mass is 9.98. The molecular formula is C25H21F3N8O4. The third kappa shape index (κ3) is 5.98. The normalized spacial score (nSPS) is 15.5. The van der Waals surface area contributed by atoms with Gasteiger partial charge in [-0.3, -0.25) is 14.7 Å². The zero-order valence-electron chi connectivity index (χ0n) is 20.7. The van der Waals surface area contributed by atoms with Crippen LogP contribution >= 0.6 is 0 Å². The molecule has 0 aliphatic carbocycles. The van der Waals surface area contributed by atoms with E-state index in [-0.39, 0.29) is 34.8 Å². The Balaban J connectivity index is 1.38. The van der Waals surface area contributed by atoms with E-state index in [1.165, 1.54) is 24.5 Å². The number of pyridine rings is 2. The van der Waals surface area contributed by atoms with Crippen molar-refractivity contribution in [1.29, 1.82) is 0 Å². The highest BCUT2D eigenvalue weighted by Crippen LogP contribution is 2.33. The molecule has 2 N–H and O–H groups in total. The van der Waals surface area contributed by atoms with Gasteiger partial charge in [-0.05, 0) is 43.2 Å². The summed E-state index contributed by atoms with van der Waals surface area (Å²) in [5.74, 6) is -2.36. The van der Waals surface area contributed by atoms with Crippen molar-refractivity contribution in [2.24, 2.45) is 0 Å². The second kappa shape index (κ2) is 11.0. The Morgan fingerprint density at radius 3 is 2.85 bits per heavy atom. The van der Waals surface area contributed by atoms with Gasteiger partial charge in [-0.1, -0.05) is 17.8 Å². The molecule has 1 atom stereocenters. The Kier molecular flexibility index (Phi) is 7.27. The minimum absolute atomic E-state index is 0.0338. The lowest BCUT2D eigenvalue weighted by molar-refractivity contribution is -0.274. The average molecular weight is 554 g/mol. The Morgan fingerprint density at radius 1 is 1.25 bits per heavy atom. The van der Waals surface area contributed by atoms with Crippen LogP contribution in [0.15, 0.2) is 59.9 Å². The van der Waals surface area contributed by atoms with Crippen LogP contribution < -0.4 is 10.1 Å². The number of nitrogens with zero attached hydrogens (tertiary/aromatic N) is 6. The number of H-pyrrole nitrogens is 1. The lowest BCUT2D eigenvalue weighted by Crippen LogP contribution is -2.38. The monoisotopic (exact) mass is 554 g/mol. The summed E-state index contributed by atoms with van der Waals surface area (Å²) in [5.41, 5.74) is 0.936. The summed E-state index contributed by atoms with van der Waals surface area (Å²) < 4.78 is 49.2. The van der Waals surface area contributed by atoms with Crippen molar-refractivity contribution in [3.8, 4) is 28.5 Å².